The summed E-state index contributed by atoms with van der Waals surface area (Å²) < 4.78 is 5.10. The Balaban J connectivity index is 2.72. The molecular weight excluding hydrogens is 280 g/mol. The number of hydrogen-bond acceptors (Lipinski definition) is 5. The van der Waals surface area contributed by atoms with Crippen LogP contribution in [-0.2, 0) is 11.3 Å². The number of amides is 1. The van der Waals surface area contributed by atoms with Crippen LogP contribution in [0.4, 0.5) is 4.79 Å². The summed E-state index contributed by atoms with van der Waals surface area (Å²) in [5.41, 5.74) is -0.0223. The van der Waals surface area contributed by atoms with Gasteiger partial charge in [-0.25, -0.2) is 14.6 Å². The van der Waals surface area contributed by atoms with Crippen LogP contribution in [0.25, 0.3) is 0 Å². The number of nitrogens with one attached hydrogen (secondary N) is 1. The van der Waals surface area contributed by atoms with Crippen LogP contribution in [0.1, 0.15) is 60.9 Å². The molecule has 0 spiro atoms. The third kappa shape index (κ3) is 4.80. The lowest BCUT2D eigenvalue weighted by atomic mass is 10.1. The second-order valence-electron chi connectivity index (χ2n) is 5.64. The number of carboxylic acid groups (broad SMARTS) is 1. The first-order valence-corrected chi connectivity index (χ1v) is 7.11. The molecule has 0 aliphatic carbocycles. The van der Waals surface area contributed by atoms with E-state index in [-0.39, 0.29) is 17.3 Å². The molecule has 6 nitrogen and oxygen atoms in total. The Morgan fingerprint density at radius 3 is 2.40 bits per heavy atom. The minimum Gasteiger partial charge on any atom is -0.477 e. The van der Waals surface area contributed by atoms with Gasteiger partial charge in [0.05, 0.1) is 12.2 Å². The molecule has 20 heavy (non-hydrogen) atoms. The van der Waals surface area contributed by atoms with E-state index in [0.29, 0.717) is 10.7 Å². The van der Waals surface area contributed by atoms with Crippen molar-refractivity contribution in [1.29, 1.82) is 0 Å². The van der Waals surface area contributed by atoms with Gasteiger partial charge in [-0.15, -0.1) is 11.3 Å². The van der Waals surface area contributed by atoms with Crippen molar-refractivity contribution in [3.05, 3.63) is 15.6 Å². The number of carbonyl (C=O) groups is 2. The number of carbonyl (C=O) groups excluding carboxylic acids is 1. The fraction of sp³-hybridized carbons (Fsp3) is 0.615. The lowest BCUT2D eigenvalue weighted by Crippen LogP contribution is -2.32. The molecule has 1 aromatic rings. The highest BCUT2D eigenvalue weighted by Gasteiger charge is 2.20. The van der Waals surface area contributed by atoms with Crippen molar-refractivity contribution in [2.24, 2.45) is 0 Å². The number of rotatable bonds is 4. The second kappa shape index (κ2) is 6.21. The van der Waals surface area contributed by atoms with Gasteiger partial charge in [0.1, 0.15) is 15.5 Å². The van der Waals surface area contributed by atoms with Gasteiger partial charge in [0.2, 0.25) is 0 Å². The van der Waals surface area contributed by atoms with Crippen LogP contribution >= 0.6 is 11.3 Å². The van der Waals surface area contributed by atoms with E-state index >= 15 is 0 Å². The standard InChI is InChI=1S/C13H20N2O4S/c1-7(2)9-10(11(16)17)20-8(15-9)6-14-12(18)19-13(3,4)5/h7H,6H2,1-5H3,(H,14,18)(H,16,17). The lowest BCUT2D eigenvalue weighted by Gasteiger charge is -2.19. The molecule has 7 heteroatoms. The summed E-state index contributed by atoms with van der Waals surface area (Å²) in [4.78, 5) is 27.1. The highest BCUT2D eigenvalue weighted by Crippen LogP contribution is 2.25. The summed E-state index contributed by atoms with van der Waals surface area (Å²) in [5, 5.41) is 12.2. The topological polar surface area (TPSA) is 88.5 Å². The monoisotopic (exact) mass is 300 g/mol. The van der Waals surface area contributed by atoms with Crippen LogP contribution in [0.15, 0.2) is 0 Å². The number of aromatic carboxylic acids is 1. The Labute approximate surface area is 122 Å². The molecule has 0 aliphatic heterocycles. The number of hydrogen-bond donors (Lipinski definition) is 2. The third-order valence-corrected chi connectivity index (χ3v) is 3.28. The maximum absolute atomic E-state index is 11.5. The molecular formula is C13H20N2O4S. The van der Waals surface area contributed by atoms with Gasteiger partial charge in [-0.05, 0) is 26.7 Å². The average molecular weight is 300 g/mol. The van der Waals surface area contributed by atoms with Crippen molar-refractivity contribution in [1.82, 2.24) is 10.3 Å². The van der Waals surface area contributed by atoms with Crippen LogP contribution in [0, 0.1) is 0 Å². The van der Waals surface area contributed by atoms with Crippen LogP contribution in [0.5, 0.6) is 0 Å². The molecule has 1 aromatic heterocycles. The Kier molecular flexibility index (Phi) is 5.10. The minimum atomic E-state index is -0.991. The van der Waals surface area contributed by atoms with Gasteiger partial charge in [-0.2, -0.15) is 0 Å². The van der Waals surface area contributed by atoms with E-state index in [1.807, 2.05) is 13.8 Å². The normalized spacial score (nSPS) is 11.5. The first-order chi connectivity index (χ1) is 9.10. The summed E-state index contributed by atoms with van der Waals surface area (Å²) in [6, 6.07) is 0. The Bertz CT molecular complexity index is 503. The maximum Gasteiger partial charge on any atom is 0.408 e. The fourth-order valence-electron chi connectivity index (χ4n) is 1.46. The van der Waals surface area contributed by atoms with Crippen molar-refractivity contribution in [2.75, 3.05) is 0 Å². The first kappa shape index (κ1) is 16.4. The number of nitrogens with zero attached hydrogens (tertiary/aromatic N) is 1. The molecule has 0 radical (unpaired) electrons. The van der Waals surface area contributed by atoms with Gasteiger partial charge in [-0.3, -0.25) is 0 Å². The van der Waals surface area contributed by atoms with Crippen molar-refractivity contribution in [3.63, 3.8) is 0 Å². The summed E-state index contributed by atoms with van der Waals surface area (Å²) in [7, 11) is 0. The summed E-state index contributed by atoms with van der Waals surface area (Å²) in [6.45, 7) is 9.24. The first-order valence-electron chi connectivity index (χ1n) is 6.30. The van der Waals surface area contributed by atoms with Gasteiger partial charge < -0.3 is 15.2 Å². The van der Waals surface area contributed by atoms with Crippen LogP contribution in [0.2, 0.25) is 0 Å². The molecule has 0 unspecified atom stereocenters. The molecule has 0 aromatic carbocycles. The zero-order valence-electron chi connectivity index (χ0n) is 12.3. The summed E-state index contributed by atoms with van der Waals surface area (Å²) in [6.07, 6.45) is -0.546. The quantitative estimate of drug-likeness (QED) is 0.892. The third-order valence-electron chi connectivity index (χ3n) is 2.22. The van der Waals surface area contributed by atoms with Gasteiger partial charge in [0.25, 0.3) is 0 Å². The van der Waals surface area contributed by atoms with E-state index in [1.165, 1.54) is 0 Å². The van der Waals surface area contributed by atoms with Crippen LogP contribution in [0.3, 0.4) is 0 Å². The van der Waals surface area contributed by atoms with Crippen molar-refractivity contribution in [3.8, 4) is 0 Å². The smallest absolute Gasteiger partial charge is 0.408 e. The molecule has 0 aliphatic rings. The van der Waals surface area contributed by atoms with E-state index in [9.17, 15) is 9.59 Å². The molecule has 0 saturated carbocycles. The van der Waals surface area contributed by atoms with E-state index in [0.717, 1.165) is 11.3 Å². The predicted octanol–water partition coefficient (Wildman–Crippen LogP) is 2.99. The van der Waals surface area contributed by atoms with Crippen molar-refractivity contribution in [2.45, 2.75) is 52.7 Å². The molecule has 1 heterocycles. The van der Waals surface area contributed by atoms with E-state index in [2.05, 4.69) is 10.3 Å². The van der Waals surface area contributed by atoms with E-state index in [1.54, 1.807) is 20.8 Å². The van der Waals surface area contributed by atoms with Crippen molar-refractivity contribution < 1.29 is 19.4 Å². The molecule has 1 rings (SSSR count). The zero-order chi connectivity index (χ0) is 15.5. The molecule has 0 bridgehead atoms. The minimum absolute atomic E-state index is 0.0210. The van der Waals surface area contributed by atoms with Crippen LogP contribution < -0.4 is 5.32 Å². The number of alkyl carbamates (subject to hydrolysis) is 1. The SMILES string of the molecule is CC(C)c1nc(CNC(=O)OC(C)(C)C)sc1C(=O)O. The lowest BCUT2D eigenvalue weighted by molar-refractivity contribution is 0.0523. The average Bonchev–Trinajstić information content (AvgIpc) is 2.68. The molecule has 0 atom stereocenters. The van der Waals surface area contributed by atoms with Gasteiger partial charge in [-0.1, -0.05) is 13.8 Å². The fourth-order valence-corrected chi connectivity index (χ4v) is 2.46. The molecule has 112 valence electrons. The highest BCUT2D eigenvalue weighted by atomic mass is 32.1. The summed E-state index contributed by atoms with van der Waals surface area (Å²) >= 11 is 1.07. The zero-order valence-corrected chi connectivity index (χ0v) is 13.1. The van der Waals surface area contributed by atoms with Crippen molar-refractivity contribution >= 4 is 23.4 Å². The predicted molar refractivity (Wildman–Crippen MR) is 76.2 cm³/mol. The Hall–Kier alpha value is -1.63. The van der Waals surface area contributed by atoms with E-state index < -0.39 is 17.7 Å². The molecule has 1 amide bonds. The molecule has 2 N–H and O–H groups in total. The second-order valence-corrected chi connectivity index (χ2v) is 6.72. The Morgan fingerprint density at radius 2 is 2.00 bits per heavy atom. The van der Waals surface area contributed by atoms with Gasteiger partial charge in [0.15, 0.2) is 0 Å². The van der Waals surface area contributed by atoms with Gasteiger partial charge >= 0.3 is 12.1 Å². The molecule has 0 fully saturated rings. The Morgan fingerprint density at radius 1 is 1.40 bits per heavy atom. The number of thiazole rings is 1. The summed E-state index contributed by atoms with van der Waals surface area (Å²) in [5.74, 6) is -0.970. The van der Waals surface area contributed by atoms with Gasteiger partial charge in [0, 0.05) is 0 Å². The number of carboxylic acids is 1. The van der Waals surface area contributed by atoms with E-state index in [4.69, 9.17) is 9.84 Å². The number of aromatic nitrogens is 1. The number of ether oxygens (including phenoxy) is 1. The largest absolute Gasteiger partial charge is 0.477 e. The maximum atomic E-state index is 11.5. The highest BCUT2D eigenvalue weighted by molar-refractivity contribution is 7.13. The van der Waals surface area contributed by atoms with Crippen LogP contribution in [-0.4, -0.2) is 27.8 Å². The molecule has 0 saturated heterocycles.